The van der Waals surface area contributed by atoms with E-state index in [2.05, 4.69) is 0 Å². The first-order valence-electron chi connectivity index (χ1n) is 8.06. The van der Waals surface area contributed by atoms with Crippen LogP contribution in [-0.2, 0) is 14.8 Å². The highest BCUT2D eigenvalue weighted by molar-refractivity contribution is 7.89. The maximum atomic E-state index is 13.9. The number of hydrogen-bond acceptors (Lipinski definition) is 4. The zero-order valence-corrected chi connectivity index (χ0v) is 14.6. The molecule has 1 N–H and O–H groups in total. The normalized spacial score (nSPS) is 27.6. The van der Waals surface area contributed by atoms with Crippen LogP contribution in [0, 0.1) is 17.5 Å². The van der Waals surface area contributed by atoms with Gasteiger partial charge in [-0.2, -0.15) is 4.31 Å². The fraction of sp³-hybridized carbons (Fsp3) is 0.625. The number of sulfonamides is 1. The van der Waals surface area contributed by atoms with Crippen molar-refractivity contribution < 1.29 is 31.4 Å². The van der Waals surface area contributed by atoms with Gasteiger partial charge in [-0.05, 0) is 38.3 Å². The van der Waals surface area contributed by atoms with Gasteiger partial charge in [0.15, 0.2) is 17.5 Å². The van der Waals surface area contributed by atoms with Crippen molar-refractivity contribution in [2.24, 2.45) is 0 Å². The molecule has 1 atom stereocenters. The second kappa shape index (κ2) is 6.22. The van der Waals surface area contributed by atoms with Crippen molar-refractivity contribution in [1.82, 2.24) is 4.31 Å². The van der Waals surface area contributed by atoms with E-state index in [9.17, 15) is 26.7 Å². The van der Waals surface area contributed by atoms with Gasteiger partial charge in [0.25, 0.3) is 0 Å². The molecule has 2 heterocycles. The van der Waals surface area contributed by atoms with E-state index >= 15 is 0 Å². The third-order valence-electron chi connectivity index (χ3n) is 5.00. The summed E-state index contributed by atoms with van der Waals surface area (Å²) in [6.07, 6.45) is 1.59. The number of benzene rings is 1. The SMILES string of the molecule is CC1(O)CCOC2(CCN(S(=O)(=O)c3ccc(F)c(F)c3F)CC2)C1. The second-order valence-corrected chi connectivity index (χ2v) is 8.94. The van der Waals surface area contributed by atoms with E-state index < -0.39 is 43.6 Å². The Hall–Kier alpha value is -1.16. The summed E-state index contributed by atoms with van der Waals surface area (Å²) in [4.78, 5) is -0.876. The summed E-state index contributed by atoms with van der Waals surface area (Å²) >= 11 is 0. The van der Waals surface area contributed by atoms with Crippen LogP contribution in [0.25, 0.3) is 0 Å². The van der Waals surface area contributed by atoms with Crippen LogP contribution in [0.2, 0.25) is 0 Å². The van der Waals surface area contributed by atoms with Gasteiger partial charge in [-0.25, -0.2) is 21.6 Å². The number of halogens is 3. The summed E-state index contributed by atoms with van der Waals surface area (Å²) in [5.41, 5.74) is -1.48. The Labute approximate surface area is 144 Å². The zero-order chi connectivity index (χ0) is 18.5. The van der Waals surface area contributed by atoms with Gasteiger partial charge in [-0.15, -0.1) is 0 Å². The molecule has 9 heteroatoms. The third-order valence-corrected chi connectivity index (χ3v) is 6.92. The van der Waals surface area contributed by atoms with Crippen LogP contribution >= 0.6 is 0 Å². The van der Waals surface area contributed by atoms with Crippen molar-refractivity contribution in [3.63, 3.8) is 0 Å². The van der Waals surface area contributed by atoms with Gasteiger partial charge in [-0.1, -0.05) is 0 Å². The highest BCUT2D eigenvalue weighted by Crippen LogP contribution is 2.40. The third kappa shape index (κ3) is 3.42. The number of rotatable bonds is 2. The zero-order valence-electron chi connectivity index (χ0n) is 13.8. The van der Waals surface area contributed by atoms with E-state index in [1.807, 2.05) is 0 Å². The van der Waals surface area contributed by atoms with Crippen LogP contribution in [0.4, 0.5) is 13.2 Å². The Bertz CT molecular complexity index is 774. The molecule has 0 aromatic heterocycles. The Kier molecular flexibility index (Phi) is 4.64. The lowest BCUT2D eigenvalue weighted by Crippen LogP contribution is -2.54. The molecule has 25 heavy (non-hydrogen) atoms. The monoisotopic (exact) mass is 379 g/mol. The summed E-state index contributed by atoms with van der Waals surface area (Å²) < 4.78 is 72.3. The lowest BCUT2D eigenvalue weighted by atomic mass is 9.78. The number of nitrogens with zero attached hydrogens (tertiary/aromatic N) is 1. The molecular weight excluding hydrogens is 359 g/mol. The minimum Gasteiger partial charge on any atom is -0.390 e. The fourth-order valence-electron chi connectivity index (χ4n) is 3.62. The number of hydrogen-bond donors (Lipinski definition) is 1. The van der Waals surface area contributed by atoms with Crippen LogP contribution in [0.5, 0.6) is 0 Å². The molecule has 2 aliphatic heterocycles. The van der Waals surface area contributed by atoms with E-state index in [-0.39, 0.29) is 13.1 Å². The van der Waals surface area contributed by atoms with Crippen molar-refractivity contribution in [3.05, 3.63) is 29.6 Å². The van der Waals surface area contributed by atoms with Gasteiger partial charge >= 0.3 is 0 Å². The van der Waals surface area contributed by atoms with Crippen LogP contribution in [-0.4, -0.2) is 48.7 Å². The standard InChI is InChI=1S/C16H20F3NO4S/c1-15(21)6-9-24-16(10-15)4-7-20(8-5-16)25(22,23)12-3-2-11(17)13(18)14(12)19/h2-3,21H,4-10H2,1H3. The molecule has 5 nitrogen and oxygen atoms in total. The van der Waals surface area contributed by atoms with Gasteiger partial charge in [-0.3, -0.25) is 0 Å². The molecule has 0 aliphatic carbocycles. The van der Waals surface area contributed by atoms with E-state index in [0.717, 1.165) is 10.4 Å². The number of piperidine rings is 1. The summed E-state index contributed by atoms with van der Waals surface area (Å²) in [5, 5.41) is 10.2. The largest absolute Gasteiger partial charge is 0.390 e. The smallest absolute Gasteiger partial charge is 0.246 e. The van der Waals surface area contributed by atoms with Crippen LogP contribution in [0.15, 0.2) is 17.0 Å². The molecule has 2 saturated heterocycles. The molecule has 0 radical (unpaired) electrons. The molecule has 3 rings (SSSR count). The van der Waals surface area contributed by atoms with E-state index in [4.69, 9.17) is 4.74 Å². The minimum atomic E-state index is -4.28. The highest BCUT2D eigenvalue weighted by atomic mass is 32.2. The predicted octanol–water partition coefficient (Wildman–Crippen LogP) is 2.19. The van der Waals surface area contributed by atoms with Gasteiger partial charge in [0.2, 0.25) is 10.0 Å². The van der Waals surface area contributed by atoms with Crippen molar-refractivity contribution in [2.75, 3.05) is 19.7 Å². The lowest BCUT2D eigenvalue weighted by molar-refractivity contribution is -0.168. The maximum absolute atomic E-state index is 13.9. The highest BCUT2D eigenvalue weighted by Gasteiger charge is 2.46. The quantitative estimate of drug-likeness (QED) is 0.800. The van der Waals surface area contributed by atoms with Gasteiger partial charge in [0.05, 0.1) is 17.8 Å². The fourth-order valence-corrected chi connectivity index (χ4v) is 5.12. The van der Waals surface area contributed by atoms with Crippen molar-refractivity contribution in [3.8, 4) is 0 Å². The number of aliphatic hydroxyl groups is 1. The minimum absolute atomic E-state index is 0.0524. The predicted molar refractivity (Wildman–Crippen MR) is 82.8 cm³/mol. The first-order valence-corrected chi connectivity index (χ1v) is 9.50. The van der Waals surface area contributed by atoms with Crippen molar-refractivity contribution in [2.45, 2.75) is 48.7 Å². The van der Waals surface area contributed by atoms with Crippen LogP contribution < -0.4 is 0 Å². The molecule has 0 amide bonds. The lowest BCUT2D eigenvalue weighted by Gasteiger charge is -2.47. The summed E-state index contributed by atoms with van der Waals surface area (Å²) in [6, 6.07) is 1.33. The molecule has 1 spiro atoms. The summed E-state index contributed by atoms with van der Waals surface area (Å²) in [5.74, 6) is -4.95. The first kappa shape index (κ1) is 18.6. The molecule has 2 fully saturated rings. The Morgan fingerprint density at radius 1 is 1.12 bits per heavy atom. The Morgan fingerprint density at radius 2 is 1.76 bits per heavy atom. The Morgan fingerprint density at radius 3 is 2.36 bits per heavy atom. The molecule has 0 bridgehead atoms. The van der Waals surface area contributed by atoms with Gasteiger partial charge < -0.3 is 9.84 Å². The molecule has 140 valence electrons. The molecule has 1 aromatic carbocycles. The molecule has 2 aliphatic rings. The average Bonchev–Trinajstić information content (AvgIpc) is 2.51. The summed E-state index contributed by atoms with van der Waals surface area (Å²) in [7, 11) is -4.28. The maximum Gasteiger partial charge on any atom is 0.246 e. The Balaban J connectivity index is 1.80. The van der Waals surface area contributed by atoms with Crippen molar-refractivity contribution >= 4 is 10.0 Å². The summed E-state index contributed by atoms with van der Waals surface area (Å²) in [6.45, 7) is 2.21. The van der Waals surface area contributed by atoms with Crippen molar-refractivity contribution in [1.29, 1.82) is 0 Å². The molecular formula is C16H20F3NO4S. The van der Waals surface area contributed by atoms with E-state index in [0.29, 0.717) is 38.4 Å². The van der Waals surface area contributed by atoms with Gasteiger partial charge in [0.1, 0.15) is 4.90 Å². The van der Waals surface area contributed by atoms with Crippen LogP contribution in [0.3, 0.4) is 0 Å². The van der Waals surface area contributed by atoms with E-state index in [1.165, 1.54) is 0 Å². The molecule has 0 saturated carbocycles. The van der Waals surface area contributed by atoms with Gasteiger partial charge in [0, 0.05) is 19.5 Å². The molecule has 1 aromatic rings. The van der Waals surface area contributed by atoms with E-state index in [1.54, 1.807) is 6.92 Å². The molecule has 1 unspecified atom stereocenters. The number of ether oxygens (including phenoxy) is 1. The topological polar surface area (TPSA) is 66.8 Å². The first-order chi connectivity index (χ1) is 11.6. The van der Waals surface area contributed by atoms with Crippen LogP contribution in [0.1, 0.15) is 32.6 Å². The average molecular weight is 379 g/mol. The second-order valence-electron chi connectivity index (χ2n) is 7.03.